The summed E-state index contributed by atoms with van der Waals surface area (Å²) in [4.78, 5) is 11.0. The summed E-state index contributed by atoms with van der Waals surface area (Å²) in [5, 5.41) is 1.70. The van der Waals surface area contributed by atoms with E-state index in [0.29, 0.717) is 5.92 Å². The van der Waals surface area contributed by atoms with Crippen LogP contribution in [0.4, 0.5) is 18.0 Å². The van der Waals surface area contributed by atoms with E-state index in [9.17, 15) is 18.0 Å². The number of ether oxygens (including phenoxy) is 1. The van der Waals surface area contributed by atoms with Crippen LogP contribution in [0.3, 0.4) is 0 Å². The number of amides is 1. The predicted molar refractivity (Wildman–Crippen MR) is 52.0 cm³/mol. The second-order valence-electron chi connectivity index (χ2n) is 4.27. The zero-order valence-corrected chi connectivity index (χ0v) is 9.14. The summed E-state index contributed by atoms with van der Waals surface area (Å²) in [6.07, 6.45) is -2.08. The zero-order chi connectivity index (χ0) is 12.2. The van der Waals surface area contributed by atoms with Gasteiger partial charge in [0.2, 0.25) is 0 Å². The van der Waals surface area contributed by atoms with Gasteiger partial charge >= 0.3 is 12.3 Å². The summed E-state index contributed by atoms with van der Waals surface area (Å²) in [6.45, 7) is 0.706. The van der Waals surface area contributed by atoms with Gasteiger partial charge in [-0.25, -0.2) is 4.79 Å². The van der Waals surface area contributed by atoms with Gasteiger partial charge in [-0.1, -0.05) is 13.3 Å². The van der Waals surface area contributed by atoms with Gasteiger partial charge in [-0.05, 0) is 25.2 Å². The summed E-state index contributed by atoms with van der Waals surface area (Å²) in [5.74, 6) is 0.467. The van der Waals surface area contributed by atoms with Crippen LogP contribution in [0.25, 0.3) is 0 Å². The highest BCUT2D eigenvalue weighted by atomic mass is 19.4. The maximum absolute atomic E-state index is 11.8. The van der Waals surface area contributed by atoms with Crippen LogP contribution in [-0.4, -0.2) is 24.9 Å². The van der Waals surface area contributed by atoms with Gasteiger partial charge in [0.25, 0.3) is 0 Å². The van der Waals surface area contributed by atoms with E-state index in [2.05, 4.69) is 0 Å². The quantitative estimate of drug-likeness (QED) is 0.804. The number of halogens is 3. The Balaban J connectivity index is 2.23. The molecule has 0 aromatic carbocycles. The lowest BCUT2D eigenvalue weighted by Crippen LogP contribution is -2.37. The molecule has 1 amide bonds. The Morgan fingerprint density at radius 2 is 2.12 bits per heavy atom. The normalized spacial score (nSPS) is 26.2. The van der Waals surface area contributed by atoms with Crippen LogP contribution in [0.1, 0.15) is 32.6 Å². The predicted octanol–water partition coefficient (Wildman–Crippen LogP) is 2.85. The van der Waals surface area contributed by atoms with Crippen molar-refractivity contribution in [3.63, 3.8) is 0 Å². The van der Waals surface area contributed by atoms with Gasteiger partial charge in [-0.3, -0.25) is 0 Å². The zero-order valence-electron chi connectivity index (χ0n) is 9.14. The number of nitrogens with one attached hydrogen (secondary N) is 1. The topological polar surface area (TPSA) is 38.3 Å². The number of rotatable bonds is 2. The van der Waals surface area contributed by atoms with E-state index in [1.54, 1.807) is 5.32 Å². The molecule has 0 aliphatic heterocycles. The van der Waals surface area contributed by atoms with Crippen LogP contribution in [0.5, 0.6) is 0 Å². The average molecular weight is 239 g/mol. The molecule has 0 heterocycles. The Labute approximate surface area is 92.3 Å². The molecule has 0 bridgehead atoms. The number of alkyl halides is 3. The molecular formula is C10H16F3NO2. The Kier molecular flexibility index (Phi) is 4.44. The SMILES string of the molecule is CC1CCCC(OC(=O)NCC(F)(F)F)C1. The molecule has 0 aromatic heterocycles. The average Bonchev–Trinajstić information content (AvgIpc) is 2.14. The van der Waals surface area contributed by atoms with Crippen molar-refractivity contribution in [1.82, 2.24) is 5.32 Å². The lowest BCUT2D eigenvalue weighted by molar-refractivity contribution is -0.124. The van der Waals surface area contributed by atoms with Crippen molar-refractivity contribution < 1.29 is 22.7 Å². The Morgan fingerprint density at radius 1 is 1.44 bits per heavy atom. The highest BCUT2D eigenvalue weighted by Gasteiger charge is 2.29. The van der Waals surface area contributed by atoms with Gasteiger partial charge in [-0.15, -0.1) is 0 Å². The molecule has 1 rings (SSSR count). The summed E-state index contributed by atoms with van der Waals surface area (Å²) >= 11 is 0. The molecule has 1 aliphatic rings. The summed E-state index contributed by atoms with van der Waals surface area (Å²) < 4.78 is 40.3. The van der Waals surface area contributed by atoms with Crippen molar-refractivity contribution in [2.75, 3.05) is 6.54 Å². The van der Waals surface area contributed by atoms with Gasteiger partial charge in [0.15, 0.2) is 0 Å². The van der Waals surface area contributed by atoms with Crippen molar-refractivity contribution >= 4 is 6.09 Å². The number of carbonyl (C=O) groups is 1. The van der Waals surface area contributed by atoms with Gasteiger partial charge in [0.05, 0.1) is 0 Å². The molecule has 0 aromatic rings. The highest BCUT2D eigenvalue weighted by Crippen LogP contribution is 2.25. The Morgan fingerprint density at radius 3 is 2.69 bits per heavy atom. The first-order valence-corrected chi connectivity index (χ1v) is 5.38. The van der Waals surface area contributed by atoms with Crippen molar-refractivity contribution in [2.45, 2.75) is 44.9 Å². The van der Waals surface area contributed by atoms with Crippen LogP contribution in [0, 0.1) is 5.92 Å². The van der Waals surface area contributed by atoms with Crippen molar-refractivity contribution in [1.29, 1.82) is 0 Å². The van der Waals surface area contributed by atoms with E-state index in [1.807, 2.05) is 6.92 Å². The molecule has 0 saturated heterocycles. The molecule has 0 spiro atoms. The molecule has 94 valence electrons. The monoisotopic (exact) mass is 239 g/mol. The third-order valence-corrected chi connectivity index (χ3v) is 2.60. The third-order valence-electron chi connectivity index (χ3n) is 2.60. The Bertz CT molecular complexity index is 243. The van der Waals surface area contributed by atoms with Crippen LogP contribution in [-0.2, 0) is 4.74 Å². The fraction of sp³-hybridized carbons (Fsp3) is 0.900. The van der Waals surface area contributed by atoms with Crippen LogP contribution >= 0.6 is 0 Å². The van der Waals surface area contributed by atoms with E-state index < -0.39 is 18.8 Å². The van der Waals surface area contributed by atoms with Gasteiger partial charge in [-0.2, -0.15) is 13.2 Å². The van der Waals surface area contributed by atoms with Crippen LogP contribution < -0.4 is 5.32 Å². The molecule has 16 heavy (non-hydrogen) atoms. The minimum absolute atomic E-state index is 0.239. The maximum Gasteiger partial charge on any atom is 0.407 e. The third kappa shape index (κ3) is 5.23. The molecule has 2 unspecified atom stereocenters. The van der Waals surface area contributed by atoms with E-state index in [0.717, 1.165) is 25.7 Å². The Hall–Kier alpha value is -0.940. The lowest BCUT2D eigenvalue weighted by Gasteiger charge is -2.26. The summed E-state index contributed by atoms with van der Waals surface area (Å²) in [7, 11) is 0. The van der Waals surface area contributed by atoms with Crippen molar-refractivity contribution in [2.24, 2.45) is 5.92 Å². The smallest absolute Gasteiger partial charge is 0.407 e. The second-order valence-corrected chi connectivity index (χ2v) is 4.27. The number of hydrogen-bond donors (Lipinski definition) is 1. The first-order chi connectivity index (χ1) is 7.37. The van der Waals surface area contributed by atoms with E-state index >= 15 is 0 Å². The molecule has 1 fully saturated rings. The van der Waals surface area contributed by atoms with Gasteiger partial charge < -0.3 is 10.1 Å². The lowest BCUT2D eigenvalue weighted by atomic mass is 9.89. The molecule has 6 heteroatoms. The van der Waals surface area contributed by atoms with Crippen molar-refractivity contribution in [3.05, 3.63) is 0 Å². The van der Waals surface area contributed by atoms with Crippen molar-refractivity contribution in [3.8, 4) is 0 Å². The van der Waals surface area contributed by atoms with Gasteiger partial charge in [0.1, 0.15) is 12.6 Å². The van der Waals surface area contributed by atoms with E-state index in [4.69, 9.17) is 4.74 Å². The first-order valence-electron chi connectivity index (χ1n) is 5.38. The molecule has 2 atom stereocenters. The minimum Gasteiger partial charge on any atom is -0.446 e. The maximum atomic E-state index is 11.8. The summed E-state index contributed by atoms with van der Waals surface area (Å²) in [6, 6.07) is 0. The molecular weight excluding hydrogens is 223 g/mol. The minimum atomic E-state index is -4.39. The molecule has 1 saturated carbocycles. The molecule has 1 N–H and O–H groups in total. The second kappa shape index (κ2) is 5.41. The standard InChI is InChI=1S/C10H16F3NO2/c1-7-3-2-4-8(5-7)16-9(15)14-6-10(11,12)13/h7-8H,2-6H2,1H3,(H,14,15). The highest BCUT2D eigenvalue weighted by molar-refractivity contribution is 5.67. The first kappa shape index (κ1) is 13.1. The largest absolute Gasteiger partial charge is 0.446 e. The van der Waals surface area contributed by atoms with Crippen LogP contribution in [0.15, 0.2) is 0 Å². The van der Waals surface area contributed by atoms with Gasteiger partial charge in [0, 0.05) is 0 Å². The summed E-state index contributed by atoms with van der Waals surface area (Å²) in [5.41, 5.74) is 0. The molecule has 1 aliphatic carbocycles. The molecule has 0 radical (unpaired) electrons. The number of alkyl carbamates (subject to hydrolysis) is 1. The molecule has 3 nitrogen and oxygen atoms in total. The van der Waals surface area contributed by atoms with E-state index in [1.165, 1.54) is 0 Å². The fourth-order valence-electron chi connectivity index (χ4n) is 1.85. The number of hydrogen-bond acceptors (Lipinski definition) is 2. The van der Waals surface area contributed by atoms with E-state index in [-0.39, 0.29) is 6.10 Å². The van der Waals surface area contributed by atoms with Crippen LogP contribution in [0.2, 0.25) is 0 Å². The number of carbonyl (C=O) groups excluding carboxylic acids is 1. The fourth-order valence-corrected chi connectivity index (χ4v) is 1.85.